The van der Waals surface area contributed by atoms with Gasteiger partial charge in [0.05, 0.1) is 0 Å². The van der Waals surface area contributed by atoms with Crippen LogP contribution in [0.5, 0.6) is 0 Å². The van der Waals surface area contributed by atoms with Gasteiger partial charge in [0.2, 0.25) is 5.91 Å². The van der Waals surface area contributed by atoms with Gasteiger partial charge in [0.15, 0.2) is 0 Å². The number of aromatic nitrogens is 1. The van der Waals surface area contributed by atoms with Gasteiger partial charge in [0.1, 0.15) is 11.5 Å². The number of carbonyl (C=O) groups excluding carboxylic acids is 1. The molecule has 1 heterocycles. The van der Waals surface area contributed by atoms with Crippen LogP contribution in [0.15, 0.2) is 28.8 Å². The lowest BCUT2D eigenvalue weighted by molar-refractivity contribution is -0.114. The van der Waals surface area contributed by atoms with Crippen LogP contribution < -0.4 is 11.1 Å². The molecule has 0 saturated heterocycles. The van der Waals surface area contributed by atoms with Gasteiger partial charge in [-0.05, 0) is 19.1 Å². The molecule has 94 valence electrons. The van der Waals surface area contributed by atoms with Crippen molar-refractivity contribution in [3.05, 3.63) is 35.6 Å². The number of aryl methyl sites for hydroxylation is 1. The van der Waals surface area contributed by atoms with E-state index < -0.39 is 0 Å². The van der Waals surface area contributed by atoms with Crippen molar-refractivity contribution in [2.45, 2.75) is 20.4 Å². The fourth-order valence-corrected chi connectivity index (χ4v) is 1.77. The summed E-state index contributed by atoms with van der Waals surface area (Å²) in [5, 5.41) is 6.71. The van der Waals surface area contributed by atoms with E-state index in [9.17, 15) is 4.79 Å². The summed E-state index contributed by atoms with van der Waals surface area (Å²) in [5.74, 6) is 0.640. The number of rotatable bonds is 3. The van der Waals surface area contributed by atoms with Crippen LogP contribution in [0.2, 0.25) is 0 Å². The maximum Gasteiger partial charge on any atom is 0.221 e. The summed E-state index contributed by atoms with van der Waals surface area (Å²) in [6.07, 6.45) is 0. The molecule has 0 unspecified atom stereocenters. The first kappa shape index (κ1) is 12.3. The van der Waals surface area contributed by atoms with Gasteiger partial charge in [-0.25, -0.2) is 0 Å². The minimum atomic E-state index is -0.0947. The highest BCUT2D eigenvalue weighted by Crippen LogP contribution is 2.25. The monoisotopic (exact) mass is 245 g/mol. The van der Waals surface area contributed by atoms with E-state index in [1.807, 2.05) is 31.2 Å². The molecule has 18 heavy (non-hydrogen) atoms. The Hall–Kier alpha value is -2.14. The molecule has 0 fully saturated rings. The van der Waals surface area contributed by atoms with E-state index >= 15 is 0 Å². The highest BCUT2D eigenvalue weighted by atomic mass is 16.5. The minimum absolute atomic E-state index is 0.0947. The number of hydrogen-bond donors (Lipinski definition) is 2. The average molecular weight is 245 g/mol. The molecular formula is C13H15N3O2. The highest BCUT2D eigenvalue weighted by Gasteiger charge is 2.12. The summed E-state index contributed by atoms with van der Waals surface area (Å²) in [7, 11) is 0. The Morgan fingerprint density at radius 1 is 1.39 bits per heavy atom. The van der Waals surface area contributed by atoms with Crippen molar-refractivity contribution in [3.8, 4) is 11.3 Å². The van der Waals surface area contributed by atoms with Crippen LogP contribution in [0.1, 0.15) is 18.2 Å². The van der Waals surface area contributed by atoms with Crippen LogP contribution in [0, 0.1) is 6.92 Å². The number of anilines is 1. The molecule has 5 nitrogen and oxygen atoms in total. The van der Waals surface area contributed by atoms with E-state index in [2.05, 4.69) is 10.5 Å². The third-order valence-corrected chi connectivity index (χ3v) is 2.67. The first-order valence-corrected chi connectivity index (χ1v) is 5.65. The van der Waals surface area contributed by atoms with Crippen LogP contribution in [0.4, 0.5) is 5.69 Å². The van der Waals surface area contributed by atoms with Crippen molar-refractivity contribution in [2.75, 3.05) is 5.32 Å². The van der Waals surface area contributed by atoms with Crippen LogP contribution in [0.3, 0.4) is 0 Å². The summed E-state index contributed by atoms with van der Waals surface area (Å²) in [5.41, 5.74) is 9.00. The van der Waals surface area contributed by atoms with Gasteiger partial charge in [0, 0.05) is 30.3 Å². The Bertz CT molecular complexity index is 558. The molecule has 0 atom stereocenters. The molecule has 0 aliphatic heterocycles. The number of amides is 1. The number of carbonyl (C=O) groups is 1. The zero-order valence-corrected chi connectivity index (χ0v) is 10.4. The van der Waals surface area contributed by atoms with Gasteiger partial charge in [-0.15, -0.1) is 0 Å². The number of benzene rings is 1. The van der Waals surface area contributed by atoms with Crippen LogP contribution in [0.25, 0.3) is 11.3 Å². The second-order valence-corrected chi connectivity index (χ2v) is 4.03. The number of nitrogens with one attached hydrogen (secondary N) is 1. The van der Waals surface area contributed by atoms with E-state index in [0.29, 0.717) is 6.54 Å². The maximum atomic E-state index is 10.9. The number of hydrogen-bond acceptors (Lipinski definition) is 4. The zero-order chi connectivity index (χ0) is 13.1. The second-order valence-electron chi connectivity index (χ2n) is 4.03. The molecule has 0 aliphatic carbocycles. The van der Waals surface area contributed by atoms with Gasteiger partial charge < -0.3 is 15.6 Å². The van der Waals surface area contributed by atoms with Gasteiger partial charge in [-0.1, -0.05) is 17.3 Å². The third kappa shape index (κ3) is 2.41. The Morgan fingerprint density at radius 3 is 2.61 bits per heavy atom. The van der Waals surface area contributed by atoms with E-state index in [1.54, 1.807) is 0 Å². The predicted octanol–water partition coefficient (Wildman–Crippen LogP) is 2.07. The first-order valence-electron chi connectivity index (χ1n) is 5.65. The molecule has 1 aromatic carbocycles. The van der Waals surface area contributed by atoms with Gasteiger partial charge in [-0.2, -0.15) is 0 Å². The Kier molecular flexibility index (Phi) is 3.43. The SMILES string of the molecule is CC(=O)Nc1ccc(-c2noc(C)c2CN)cc1. The first-order chi connectivity index (χ1) is 8.61. The van der Waals surface area contributed by atoms with Crippen LogP contribution >= 0.6 is 0 Å². The van der Waals surface area contributed by atoms with E-state index in [0.717, 1.165) is 28.3 Å². The van der Waals surface area contributed by atoms with E-state index in [-0.39, 0.29) is 5.91 Å². The van der Waals surface area contributed by atoms with Gasteiger partial charge in [0.25, 0.3) is 0 Å². The zero-order valence-electron chi connectivity index (χ0n) is 10.4. The Balaban J connectivity index is 2.31. The van der Waals surface area contributed by atoms with Crippen LogP contribution in [-0.4, -0.2) is 11.1 Å². The molecule has 5 heteroatoms. The average Bonchev–Trinajstić information content (AvgIpc) is 2.70. The second kappa shape index (κ2) is 5.01. The summed E-state index contributed by atoms with van der Waals surface area (Å²) in [6, 6.07) is 7.39. The molecule has 1 aromatic heterocycles. The van der Waals surface area contributed by atoms with Crippen molar-refractivity contribution < 1.29 is 9.32 Å². The molecule has 2 aromatic rings. The molecule has 0 aliphatic rings. The fraction of sp³-hybridized carbons (Fsp3) is 0.231. The largest absolute Gasteiger partial charge is 0.361 e. The molecule has 0 radical (unpaired) electrons. The smallest absolute Gasteiger partial charge is 0.221 e. The number of nitrogens with zero attached hydrogens (tertiary/aromatic N) is 1. The van der Waals surface area contributed by atoms with Crippen molar-refractivity contribution in [2.24, 2.45) is 5.73 Å². The molecule has 0 saturated carbocycles. The maximum absolute atomic E-state index is 10.9. The lowest BCUT2D eigenvalue weighted by atomic mass is 10.1. The normalized spacial score (nSPS) is 10.4. The Morgan fingerprint density at radius 2 is 2.06 bits per heavy atom. The van der Waals surface area contributed by atoms with Crippen molar-refractivity contribution in [1.82, 2.24) is 5.16 Å². The third-order valence-electron chi connectivity index (χ3n) is 2.67. The van der Waals surface area contributed by atoms with Crippen molar-refractivity contribution >= 4 is 11.6 Å². The van der Waals surface area contributed by atoms with Gasteiger partial charge in [-0.3, -0.25) is 4.79 Å². The molecule has 0 spiro atoms. The molecule has 1 amide bonds. The van der Waals surface area contributed by atoms with Crippen LogP contribution in [-0.2, 0) is 11.3 Å². The molecular weight excluding hydrogens is 230 g/mol. The van der Waals surface area contributed by atoms with Crippen molar-refractivity contribution in [3.63, 3.8) is 0 Å². The van der Waals surface area contributed by atoms with Gasteiger partial charge >= 0.3 is 0 Å². The standard InChI is InChI=1S/C13H15N3O2/c1-8-12(7-14)13(16-18-8)10-3-5-11(6-4-10)15-9(2)17/h3-6H,7,14H2,1-2H3,(H,15,17). The van der Waals surface area contributed by atoms with E-state index in [4.69, 9.17) is 10.3 Å². The quantitative estimate of drug-likeness (QED) is 0.867. The lowest BCUT2D eigenvalue weighted by Crippen LogP contribution is -2.05. The van der Waals surface area contributed by atoms with E-state index in [1.165, 1.54) is 6.92 Å². The predicted molar refractivity (Wildman–Crippen MR) is 68.9 cm³/mol. The lowest BCUT2D eigenvalue weighted by Gasteiger charge is -2.03. The number of nitrogens with two attached hydrogens (primary N) is 1. The minimum Gasteiger partial charge on any atom is -0.361 e. The topological polar surface area (TPSA) is 81.2 Å². The summed E-state index contributed by atoms with van der Waals surface area (Å²) < 4.78 is 5.14. The Labute approximate surface area is 105 Å². The summed E-state index contributed by atoms with van der Waals surface area (Å²) in [6.45, 7) is 3.70. The highest BCUT2D eigenvalue weighted by molar-refractivity contribution is 5.88. The molecule has 3 N–H and O–H groups in total. The van der Waals surface area contributed by atoms with Crippen molar-refractivity contribution in [1.29, 1.82) is 0 Å². The fourth-order valence-electron chi connectivity index (χ4n) is 1.77. The summed E-state index contributed by atoms with van der Waals surface area (Å²) >= 11 is 0. The molecule has 0 bridgehead atoms. The molecule has 2 rings (SSSR count). The summed E-state index contributed by atoms with van der Waals surface area (Å²) in [4.78, 5) is 10.9.